The first-order valence-corrected chi connectivity index (χ1v) is 5.30. The predicted molar refractivity (Wildman–Crippen MR) is 67.1 cm³/mol. The molecule has 1 amide bonds. The molecule has 0 radical (unpaired) electrons. The Bertz CT molecular complexity index is 310. The van der Waals surface area contributed by atoms with Gasteiger partial charge in [-0.25, -0.2) is 4.79 Å². The highest BCUT2D eigenvalue weighted by Gasteiger charge is 2.20. The number of hydrogen-bond acceptors (Lipinski definition) is 4. The van der Waals surface area contributed by atoms with Gasteiger partial charge in [-0.1, -0.05) is 24.8 Å². The maximum Gasteiger partial charge on any atom is 0.438 e. The summed E-state index contributed by atoms with van der Waals surface area (Å²) in [5.41, 5.74) is 1.40. The van der Waals surface area contributed by atoms with Crippen LogP contribution in [0.5, 0.6) is 0 Å². The van der Waals surface area contributed by atoms with Crippen LogP contribution in [0.2, 0.25) is 0 Å². The van der Waals surface area contributed by atoms with E-state index in [4.69, 9.17) is 4.84 Å². The standard InChI is InChI=1S/C11H17NO3S/c1-5-7-9(8-16)10(6-2)12(15-4)11(13)14-3/h5-7,16H,1,8H2,2-4H3/b9-7-,10-6+. The molecule has 0 aliphatic carbocycles. The number of carbonyl (C=O) groups is 1. The van der Waals surface area contributed by atoms with Crippen molar-refractivity contribution < 1.29 is 14.4 Å². The summed E-state index contributed by atoms with van der Waals surface area (Å²) >= 11 is 4.18. The number of methoxy groups -OCH3 is 1. The van der Waals surface area contributed by atoms with E-state index >= 15 is 0 Å². The van der Waals surface area contributed by atoms with Crippen molar-refractivity contribution in [3.63, 3.8) is 0 Å². The van der Waals surface area contributed by atoms with Crippen LogP contribution >= 0.6 is 12.6 Å². The molecule has 0 fully saturated rings. The van der Waals surface area contributed by atoms with Crippen molar-refractivity contribution in [3.05, 3.63) is 36.1 Å². The van der Waals surface area contributed by atoms with Crippen molar-refractivity contribution in [3.8, 4) is 0 Å². The summed E-state index contributed by atoms with van der Waals surface area (Å²) < 4.78 is 4.60. The number of hydrogen-bond donors (Lipinski definition) is 1. The summed E-state index contributed by atoms with van der Waals surface area (Å²) in [7, 11) is 2.68. The number of rotatable bonds is 5. The number of thiol groups is 1. The van der Waals surface area contributed by atoms with E-state index < -0.39 is 6.09 Å². The van der Waals surface area contributed by atoms with Crippen LogP contribution in [-0.2, 0) is 9.57 Å². The molecule has 4 nitrogen and oxygen atoms in total. The summed E-state index contributed by atoms with van der Waals surface area (Å²) in [5, 5.41) is 1.06. The topological polar surface area (TPSA) is 38.8 Å². The summed E-state index contributed by atoms with van der Waals surface area (Å²) in [4.78, 5) is 16.4. The van der Waals surface area contributed by atoms with Gasteiger partial charge in [-0.3, -0.25) is 4.84 Å². The van der Waals surface area contributed by atoms with E-state index in [1.165, 1.54) is 14.2 Å². The van der Waals surface area contributed by atoms with Crippen molar-refractivity contribution in [2.75, 3.05) is 20.0 Å². The Hall–Kier alpha value is -1.20. The van der Waals surface area contributed by atoms with Gasteiger partial charge in [0.1, 0.15) is 0 Å². The lowest BCUT2D eigenvalue weighted by Crippen LogP contribution is -2.30. The normalized spacial score (nSPS) is 12.2. The van der Waals surface area contributed by atoms with E-state index in [-0.39, 0.29) is 0 Å². The lowest BCUT2D eigenvalue weighted by molar-refractivity contribution is -0.0771. The van der Waals surface area contributed by atoms with E-state index in [9.17, 15) is 4.79 Å². The van der Waals surface area contributed by atoms with Crippen molar-refractivity contribution in [2.45, 2.75) is 6.92 Å². The molecule has 16 heavy (non-hydrogen) atoms. The number of ether oxygens (including phenoxy) is 1. The van der Waals surface area contributed by atoms with Gasteiger partial charge in [-0.2, -0.15) is 17.7 Å². The minimum absolute atomic E-state index is 0.461. The van der Waals surface area contributed by atoms with E-state index in [0.29, 0.717) is 11.4 Å². The van der Waals surface area contributed by atoms with Crippen LogP contribution in [0.25, 0.3) is 0 Å². The number of amides is 1. The number of carbonyl (C=O) groups excluding carboxylic acids is 1. The van der Waals surface area contributed by atoms with Crippen molar-refractivity contribution in [1.29, 1.82) is 0 Å². The third-order valence-corrected chi connectivity index (χ3v) is 2.17. The van der Waals surface area contributed by atoms with Crippen LogP contribution in [0.1, 0.15) is 6.92 Å². The van der Waals surface area contributed by atoms with Crippen LogP contribution in [0, 0.1) is 0 Å². The van der Waals surface area contributed by atoms with Gasteiger partial charge in [0.2, 0.25) is 0 Å². The Morgan fingerprint density at radius 1 is 1.50 bits per heavy atom. The molecular formula is C11H17NO3S. The highest BCUT2D eigenvalue weighted by Crippen LogP contribution is 2.18. The molecule has 0 aromatic carbocycles. The highest BCUT2D eigenvalue weighted by atomic mass is 32.1. The van der Waals surface area contributed by atoms with Gasteiger partial charge in [0.25, 0.3) is 0 Å². The van der Waals surface area contributed by atoms with E-state index in [0.717, 1.165) is 10.6 Å². The van der Waals surface area contributed by atoms with Crippen LogP contribution < -0.4 is 0 Å². The second-order valence-electron chi connectivity index (χ2n) is 2.71. The molecule has 0 N–H and O–H groups in total. The Kier molecular flexibility index (Phi) is 7.41. The molecule has 90 valence electrons. The zero-order chi connectivity index (χ0) is 12.6. The summed E-state index contributed by atoms with van der Waals surface area (Å²) in [6, 6.07) is 0. The Labute approximate surface area is 102 Å². The quantitative estimate of drug-likeness (QED) is 0.458. The molecule has 0 saturated carbocycles. The first-order chi connectivity index (χ1) is 7.65. The first-order valence-electron chi connectivity index (χ1n) is 4.67. The first kappa shape index (κ1) is 14.8. The van der Waals surface area contributed by atoms with Crippen molar-refractivity contribution in [2.24, 2.45) is 0 Å². The van der Waals surface area contributed by atoms with Crippen LogP contribution in [0.4, 0.5) is 4.79 Å². The molecule has 0 rings (SSSR count). The fourth-order valence-electron chi connectivity index (χ4n) is 1.15. The zero-order valence-corrected chi connectivity index (χ0v) is 10.7. The van der Waals surface area contributed by atoms with Crippen LogP contribution in [-0.4, -0.2) is 31.1 Å². The largest absolute Gasteiger partial charge is 0.451 e. The van der Waals surface area contributed by atoms with Gasteiger partial charge in [0.05, 0.1) is 19.9 Å². The lowest BCUT2D eigenvalue weighted by atomic mass is 10.2. The van der Waals surface area contributed by atoms with E-state index in [1.807, 2.05) is 0 Å². The molecule has 0 bridgehead atoms. The minimum Gasteiger partial charge on any atom is -0.451 e. The SMILES string of the molecule is C=C/C=C(CS)\C(=C/C)N(OC)C(=O)OC. The molecule has 0 aromatic heterocycles. The Morgan fingerprint density at radius 2 is 2.12 bits per heavy atom. The van der Waals surface area contributed by atoms with Gasteiger partial charge in [0.15, 0.2) is 0 Å². The molecule has 0 aromatic rings. The molecule has 0 saturated heterocycles. The average Bonchev–Trinajstić information content (AvgIpc) is 2.32. The number of allylic oxidation sites excluding steroid dienone is 4. The third kappa shape index (κ3) is 3.75. The average molecular weight is 243 g/mol. The van der Waals surface area contributed by atoms with Gasteiger partial charge < -0.3 is 4.74 Å². The molecule has 0 spiro atoms. The monoisotopic (exact) mass is 243 g/mol. The summed E-state index contributed by atoms with van der Waals surface area (Å²) in [5.74, 6) is 0.461. The smallest absolute Gasteiger partial charge is 0.438 e. The molecule has 0 aliphatic rings. The van der Waals surface area contributed by atoms with Gasteiger partial charge >= 0.3 is 6.09 Å². The lowest BCUT2D eigenvalue weighted by Gasteiger charge is -2.22. The summed E-state index contributed by atoms with van der Waals surface area (Å²) in [6.07, 6.45) is 4.54. The number of nitrogens with zero attached hydrogens (tertiary/aromatic N) is 1. The molecule has 0 atom stereocenters. The van der Waals surface area contributed by atoms with E-state index in [1.54, 1.807) is 25.2 Å². The maximum absolute atomic E-state index is 11.4. The Morgan fingerprint density at radius 3 is 2.44 bits per heavy atom. The molecule has 5 heteroatoms. The second-order valence-corrected chi connectivity index (χ2v) is 3.02. The molecule has 0 heterocycles. The predicted octanol–water partition coefficient (Wildman–Crippen LogP) is 2.56. The fourth-order valence-corrected chi connectivity index (χ4v) is 1.42. The van der Waals surface area contributed by atoms with Crippen molar-refractivity contribution in [1.82, 2.24) is 5.06 Å². The molecular weight excluding hydrogens is 226 g/mol. The maximum atomic E-state index is 11.4. The van der Waals surface area contributed by atoms with Crippen molar-refractivity contribution >= 4 is 18.7 Å². The number of hydroxylamine groups is 2. The fraction of sp³-hybridized carbons (Fsp3) is 0.364. The summed E-state index contributed by atoms with van der Waals surface area (Å²) in [6.45, 7) is 5.40. The minimum atomic E-state index is -0.590. The van der Waals surface area contributed by atoms with Crippen LogP contribution in [0.3, 0.4) is 0 Å². The zero-order valence-electron chi connectivity index (χ0n) is 9.77. The van der Waals surface area contributed by atoms with Gasteiger partial charge in [-0.15, -0.1) is 0 Å². The van der Waals surface area contributed by atoms with E-state index in [2.05, 4.69) is 23.9 Å². The Balaban J connectivity index is 5.17. The molecule has 0 unspecified atom stereocenters. The highest BCUT2D eigenvalue weighted by molar-refractivity contribution is 7.80. The van der Waals surface area contributed by atoms with Gasteiger partial charge in [-0.05, 0) is 12.5 Å². The molecule has 0 aliphatic heterocycles. The van der Waals surface area contributed by atoms with Crippen LogP contribution in [0.15, 0.2) is 36.1 Å². The second kappa shape index (κ2) is 8.01. The van der Waals surface area contributed by atoms with Gasteiger partial charge in [0, 0.05) is 5.75 Å². The third-order valence-electron chi connectivity index (χ3n) is 1.83.